The predicted octanol–water partition coefficient (Wildman–Crippen LogP) is 4.14. The zero-order chi connectivity index (χ0) is 24.4. The number of nitrogens with zero attached hydrogens (tertiary/aromatic N) is 4. The van der Waals surface area contributed by atoms with Crippen LogP contribution in [0, 0.1) is 17.5 Å². The van der Waals surface area contributed by atoms with Gasteiger partial charge in [-0.25, -0.2) is 28.1 Å². The number of imidazole rings is 1. The number of halogens is 3. The van der Waals surface area contributed by atoms with Gasteiger partial charge in [-0.2, -0.15) is 0 Å². The van der Waals surface area contributed by atoms with Gasteiger partial charge in [0.1, 0.15) is 23.2 Å². The van der Waals surface area contributed by atoms with Gasteiger partial charge < -0.3 is 19.8 Å². The minimum Gasteiger partial charge on any atom is -0.379 e. The lowest BCUT2D eigenvalue weighted by atomic mass is 9.96. The molecule has 3 aromatic rings. The van der Waals surface area contributed by atoms with Gasteiger partial charge in [-0.1, -0.05) is 0 Å². The Kier molecular flexibility index (Phi) is 6.98. The number of aromatic nitrogens is 4. The first-order chi connectivity index (χ1) is 17.0. The Hall–Kier alpha value is -3.02. The molecular formula is C24H27F3N6O2. The third-order valence-electron chi connectivity index (χ3n) is 6.35. The molecule has 0 saturated carbocycles. The van der Waals surface area contributed by atoms with E-state index in [1.807, 2.05) is 11.8 Å². The fourth-order valence-corrected chi connectivity index (χ4v) is 4.45. The zero-order valence-electron chi connectivity index (χ0n) is 19.4. The normalized spacial score (nSPS) is 21.3. The molecule has 4 heterocycles. The second kappa shape index (κ2) is 10.3. The van der Waals surface area contributed by atoms with Crippen molar-refractivity contribution >= 4 is 11.6 Å². The van der Waals surface area contributed by atoms with E-state index in [1.54, 1.807) is 0 Å². The average molecular weight is 489 g/mol. The Bertz CT molecular complexity index is 1180. The van der Waals surface area contributed by atoms with Crippen molar-refractivity contribution in [3.05, 3.63) is 53.4 Å². The molecule has 2 unspecified atom stereocenters. The fraction of sp³-hybridized carbons (Fsp3) is 0.458. The van der Waals surface area contributed by atoms with Gasteiger partial charge in [0.15, 0.2) is 5.82 Å². The van der Waals surface area contributed by atoms with Crippen LogP contribution in [0.4, 0.5) is 24.8 Å². The predicted molar refractivity (Wildman–Crippen MR) is 123 cm³/mol. The summed E-state index contributed by atoms with van der Waals surface area (Å²) in [5, 5.41) is 2.67. The standard InChI is InChI=1S/C24H27F3N6O2/c1-14-8-15(2-5-35-14)23-28-12-21(30-23)22-19(27)11-29-24(32-22)31-20-10-17(25)16(9-18(20)26)13-33-3-6-34-7-4-33/h9-12,14-15H,2-8,13H2,1H3,(H,28,30)(H,29,31,32). The summed E-state index contributed by atoms with van der Waals surface area (Å²) in [4.78, 5) is 17.6. The number of rotatable bonds is 6. The third-order valence-corrected chi connectivity index (χ3v) is 6.35. The molecule has 0 aliphatic carbocycles. The molecule has 2 N–H and O–H groups in total. The molecule has 2 aliphatic rings. The van der Waals surface area contributed by atoms with Crippen LogP contribution < -0.4 is 5.32 Å². The van der Waals surface area contributed by atoms with Gasteiger partial charge in [-0.3, -0.25) is 4.90 Å². The lowest BCUT2D eigenvalue weighted by Crippen LogP contribution is -2.35. The maximum Gasteiger partial charge on any atom is 0.228 e. The van der Waals surface area contributed by atoms with Crippen LogP contribution in [0.5, 0.6) is 0 Å². The summed E-state index contributed by atoms with van der Waals surface area (Å²) in [6.45, 7) is 5.41. The first kappa shape index (κ1) is 23.7. The molecule has 5 rings (SSSR count). The second-order valence-corrected chi connectivity index (χ2v) is 8.91. The Balaban J connectivity index is 1.33. The highest BCUT2D eigenvalue weighted by atomic mass is 19.1. The van der Waals surface area contributed by atoms with Gasteiger partial charge in [0.25, 0.3) is 0 Å². The minimum absolute atomic E-state index is 0.00817. The van der Waals surface area contributed by atoms with Crippen LogP contribution in [0.15, 0.2) is 24.5 Å². The molecule has 0 spiro atoms. The van der Waals surface area contributed by atoms with Crippen molar-refractivity contribution in [2.24, 2.45) is 0 Å². The highest BCUT2D eigenvalue weighted by Gasteiger charge is 2.24. The van der Waals surface area contributed by atoms with E-state index in [0.29, 0.717) is 38.6 Å². The van der Waals surface area contributed by atoms with Gasteiger partial charge in [-0.05, 0) is 25.8 Å². The monoisotopic (exact) mass is 488 g/mol. The Labute approximate surface area is 200 Å². The van der Waals surface area contributed by atoms with Gasteiger partial charge >= 0.3 is 0 Å². The number of benzene rings is 1. The van der Waals surface area contributed by atoms with Crippen molar-refractivity contribution in [1.82, 2.24) is 24.8 Å². The molecule has 0 bridgehead atoms. The smallest absolute Gasteiger partial charge is 0.228 e. The van der Waals surface area contributed by atoms with E-state index in [9.17, 15) is 13.2 Å². The summed E-state index contributed by atoms with van der Waals surface area (Å²) < 4.78 is 54.9. The van der Waals surface area contributed by atoms with Crippen LogP contribution in [0.2, 0.25) is 0 Å². The van der Waals surface area contributed by atoms with Gasteiger partial charge in [0, 0.05) is 43.8 Å². The summed E-state index contributed by atoms with van der Waals surface area (Å²) in [5.41, 5.74) is 0.496. The largest absolute Gasteiger partial charge is 0.379 e. The third kappa shape index (κ3) is 5.47. The molecule has 35 heavy (non-hydrogen) atoms. The second-order valence-electron chi connectivity index (χ2n) is 8.91. The van der Waals surface area contributed by atoms with Crippen molar-refractivity contribution in [1.29, 1.82) is 0 Å². The van der Waals surface area contributed by atoms with E-state index in [0.717, 1.165) is 37.0 Å². The van der Waals surface area contributed by atoms with Crippen LogP contribution in [-0.2, 0) is 16.0 Å². The highest BCUT2D eigenvalue weighted by Crippen LogP contribution is 2.30. The average Bonchev–Trinajstić information content (AvgIpc) is 3.34. The van der Waals surface area contributed by atoms with Gasteiger partial charge in [0.2, 0.25) is 5.95 Å². The fourth-order valence-electron chi connectivity index (χ4n) is 4.45. The van der Waals surface area contributed by atoms with Crippen molar-refractivity contribution in [2.45, 2.75) is 38.3 Å². The van der Waals surface area contributed by atoms with Crippen molar-refractivity contribution in [2.75, 3.05) is 38.2 Å². The molecular weight excluding hydrogens is 461 g/mol. The number of ether oxygens (including phenoxy) is 2. The molecule has 1 aromatic carbocycles. The Morgan fingerprint density at radius 3 is 2.69 bits per heavy atom. The molecule has 2 aromatic heterocycles. The number of morpholine rings is 1. The van der Waals surface area contributed by atoms with Gasteiger partial charge in [-0.15, -0.1) is 0 Å². The van der Waals surface area contributed by atoms with Crippen molar-refractivity contribution in [3.8, 4) is 11.4 Å². The molecule has 2 fully saturated rings. The SMILES string of the molecule is CC1CC(c2ncc(-c3nc(Nc4cc(F)c(CN5CCOCC5)cc4F)ncc3F)[nH]2)CCO1. The lowest BCUT2D eigenvalue weighted by molar-refractivity contribution is 0.0174. The summed E-state index contributed by atoms with van der Waals surface area (Å²) in [6.07, 6.45) is 4.28. The summed E-state index contributed by atoms with van der Waals surface area (Å²) in [5.74, 6) is -0.988. The van der Waals surface area contributed by atoms with Crippen LogP contribution in [0.3, 0.4) is 0 Å². The molecule has 2 saturated heterocycles. The lowest BCUT2D eigenvalue weighted by Gasteiger charge is -2.26. The molecule has 2 atom stereocenters. The molecule has 11 heteroatoms. The number of aromatic amines is 1. The quantitative estimate of drug-likeness (QED) is 0.539. The number of hydrogen-bond acceptors (Lipinski definition) is 7. The van der Waals surface area contributed by atoms with E-state index < -0.39 is 17.5 Å². The minimum atomic E-state index is -0.654. The molecule has 2 aliphatic heterocycles. The van der Waals surface area contributed by atoms with E-state index in [4.69, 9.17) is 9.47 Å². The molecule has 8 nitrogen and oxygen atoms in total. The molecule has 0 amide bonds. The van der Waals surface area contributed by atoms with E-state index in [2.05, 4.69) is 25.3 Å². The zero-order valence-corrected chi connectivity index (χ0v) is 19.4. The van der Waals surface area contributed by atoms with E-state index in [1.165, 1.54) is 6.20 Å². The summed E-state index contributed by atoms with van der Waals surface area (Å²) >= 11 is 0. The maximum absolute atomic E-state index is 14.8. The van der Waals surface area contributed by atoms with Crippen LogP contribution in [-0.4, -0.2) is 63.8 Å². The van der Waals surface area contributed by atoms with Crippen LogP contribution in [0.25, 0.3) is 11.4 Å². The maximum atomic E-state index is 14.8. The van der Waals surface area contributed by atoms with Crippen LogP contribution in [0.1, 0.15) is 37.1 Å². The van der Waals surface area contributed by atoms with Crippen molar-refractivity contribution in [3.63, 3.8) is 0 Å². The number of nitrogens with one attached hydrogen (secondary N) is 2. The highest BCUT2D eigenvalue weighted by molar-refractivity contribution is 5.60. The topological polar surface area (TPSA) is 88.2 Å². The van der Waals surface area contributed by atoms with Crippen LogP contribution >= 0.6 is 0 Å². The molecule has 186 valence electrons. The number of anilines is 2. The van der Waals surface area contributed by atoms with E-state index in [-0.39, 0.29) is 41.5 Å². The Morgan fingerprint density at radius 2 is 1.89 bits per heavy atom. The summed E-state index contributed by atoms with van der Waals surface area (Å²) in [6, 6.07) is 2.23. The van der Waals surface area contributed by atoms with Gasteiger partial charge in [0.05, 0.1) is 43.1 Å². The summed E-state index contributed by atoms with van der Waals surface area (Å²) in [7, 11) is 0. The Morgan fingerprint density at radius 1 is 1.06 bits per heavy atom. The van der Waals surface area contributed by atoms with E-state index >= 15 is 0 Å². The molecule has 0 radical (unpaired) electrons. The first-order valence-corrected chi connectivity index (χ1v) is 11.7. The first-order valence-electron chi connectivity index (χ1n) is 11.7. The number of hydrogen-bond donors (Lipinski definition) is 2. The number of H-pyrrole nitrogens is 1. The van der Waals surface area contributed by atoms with Crippen molar-refractivity contribution < 1.29 is 22.6 Å².